The molecule has 1 aliphatic carbocycles. The maximum Gasteiger partial charge on any atom is 0.410 e. The lowest BCUT2D eigenvalue weighted by atomic mass is 9.99. The van der Waals surface area contributed by atoms with Crippen LogP contribution in [-0.4, -0.2) is 61.4 Å². The summed E-state index contributed by atoms with van der Waals surface area (Å²) in [4.78, 5) is 29.3. The number of benzene rings is 1. The van der Waals surface area contributed by atoms with Gasteiger partial charge in [-0.3, -0.25) is 9.13 Å². The molecule has 0 spiro atoms. The minimum absolute atomic E-state index is 0.288. The van der Waals surface area contributed by atoms with Gasteiger partial charge in [0.25, 0.3) is 0 Å². The van der Waals surface area contributed by atoms with Gasteiger partial charge < -0.3 is 19.5 Å². The number of amides is 1. The lowest BCUT2D eigenvalue weighted by molar-refractivity contribution is 0.0159. The second-order valence-corrected chi connectivity index (χ2v) is 16.7. The number of allylic oxidation sites excluding steroid dienone is 4. The molecule has 0 saturated heterocycles. The molecule has 12 heteroatoms. The standard InChI is InChI=1S/C34H46FN6O4P/c1-10-46(44,11-2)28-13-12-24(20-27(28)36-9)39-16-17-40(32(39)42)31-29-23(5)38(33(43)45-34(6,7)8)15-14-26(29)37-41(31)25-18-21(3)30(35)22(4)19-25/h12-13,16-19,23-24,36H,10-11,14-15,20H2,1-9H3/t23-,24?/m0/s1. The fraction of sp³-hybridized carbons (Fsp3) is 0.500. The predicted octanol–water partition coefficient (Wildman–Crippen LogP) is 6.77. The first kappa shape index (κ1) is 33.5. The Kier molecular flexibility index (Phi) is 9.03. The number of fused-ring (bicyclic) bond motifs is 1. The molecule has 2 aliphatic rings. The van der Waals surface area contributed by atoms with Crippen molar-refractivity contribution < 1.29 is 18.5 Å². The predicted molar refractivity (Wildman–Crippen MR) is 179 cm³/mol. The van der Waals surface area contributed by atoms with E-state index in [1.165, 1.54) is 0 Å². The lowest BCUT2D eigenvalue weighted by Gasteiger charge is -2.34. The molecular formula is C34H46FN6O4P. The van der Waals surface area contributed by atoms with E-state index >= 15 is 0 Å². The first-order valence-corrected chi connectivity index (χ1v) is 18.1. The maximum atomic E-state index is 14.7. The minimum atomic E-state index is -2.54. The summed E-state index contributed by atoms with van der Waals surface area (Å²) in [6, 6.07) is 2.68. The van der Waals surface area contributed by atoms with Gasteiger partial charge in [0.15, 0.2) is 0 Å². The zero-order chi connectivity index (χ0) is 33.7. The van der Waals surface area contributed by atoms with Gasteiger partial charge >= 0.3 is 11.8 Å². The van der Waals surface area contributed by atoms with Crippen molar-refractivity contribution in [2.75, 3.05) is 25.9 Å². The Hall–Kier alpha value is -3.85. The molecule has 1 amide bonds. The SMILES string of the molecule is CCP(=O)(CC)C1=C(NC)CC(n2ccn(-c3c4c(nn3-c3cc(C)c(F)c(C)c3)CCN(C(=O)OC(C)(C)C)[C@H]4C)c2=O)C=C1. The van der Waals surface area contributed by atoms with Crippen molar-refractivity contribution in [3.05, 3.63) is 86.4 Å². The van der Waals surface area contributed by atoms with Crippen molar-refractivity contribution >= 4 is 13.2 Å². The molecule has 1 aliphatic heterocycles. The van der Waals surface area contributed by atoms with Crippen LogP contribution in [0.1, 0.15) is 82.4 Å². The van der Waals surface area contributed by atoms with Crippen molar-refractivity contribution in [2.24, 2.45) is 0 Å². The molecule has 2 aromatic heterocycles. The zero-order valence-corrected chi connectivity index (χ0v) is 29.2. The van der Waals surface area contributed by atoms with E-state index in [1.807, 2.05) is 60.7 Å². The highest BCUT2D eigenvalue weighted by atomic mass is 31.2. The van der Waals surface area contributed by atoms with Crippen LogP contribution >= 0.6 is 7.14 Å². The molecule has 46 heavy (non-hydrogen) atoms. The van der Waals surface area contributed by atoms with Crippen LogP contribution in [0.5, 0.6) is 0 Å². The average molecular weight is 653 g/mol. The van der Waals surface area contributed by atoms with Crippen molar-refractivity contribution in [2.45, 2.75) is 85.9 Å². The number of carbonyl (C=O) groups excluding carboxylic acids is 1. The number of aromatic nitrogens is 4. The Morgan fingerprint density at radius 3 is 2.39 bits per heavy atom. The first-order valence-electron chi connectivity index (χ1n) is 16.0. The Morgan fingerprint density at radius 1 is 1.15 bits per heavy atom. The molecule has 1 unspecified atom stereocenters. The molecule has 3 aromatic rings. The Balaban J connectivity index is 1.64. The van der Waals surface area contributed by atoms with Crippen LogP contribution in [0.4, 0.5) is 9.18 Å². The summed E-state index contributed by atoms with van der Waals surface area (Å²) in [6.45, 7) is 15.1. The van der Waals surface area contributed by atoms with Crippen LogP contribution in [0, 0.1) is 19.7 Å². The van der Waals surface area contributed by atoms with Gasteiger partial charge in [-0.15, -0.1) is 0 Å². The van der Waals surface area contributed by atoms with Gasteiger partial charge in [-0.2, -0.15) is 5.10 Å². The Bertz CT molecular complexity index is 1810. The normalized spacial score (nSPS) is 18.6. The Labute approximate surface area is 270 Å². The van der Waals surface area contributed by atoms with E-state index in [0.29, 0.717) is 54.3 Å². The molecule has 3 heterocycles. The molecule has 0 bridgehead atoms. The highest BCUT2D eigenvalue weighted by Gasteiger charge is 2.37. The zero-order valence-electron chi connectivity index (χ0n) is 28.3. The monoisotopic (exact) mass is 652 g/mol. The first-order chi connectivity index (χ1) is 21.6. The van der Waals surface area contributed by atoms with Crippen LogP contribution in [-0.2, 0) is 15.7 Å². The third kappa shape index (κ3) is 5.90. The summed E-state index contributed by atoms with van der Waals surface area (Å²) in [7, 11) is -0.713. The Morgan fingerprint density at radius 2 is 1.80 bits per heavy atom. The minimum Gasteiger partial charge on any atom is -0.444 e. The van der Waals surface area contributed by atoms with Crippen LogP contribution in [0.3, 0.4) is 0 Å². The third-order valence-electron chi connectivity index (χ3n) is 9.09. The molecule has 0 radical (unpaired) electrons. The number of aryl methyl sites for hydroxylation is 2. The topological polar surface area (TPSA) is 103 Å². The van der Waals surface area contributed by atoms with Crippen LogP contribution < -0.4 is 11.0 Å². The van der Waals surface area contributed by atoms with E-state index in [1.54, 1.807) is 57.1 Å². The molecule has 10 nitrogen and oxygen atoms in total. The number of hydrogen-bond acceptors (Lipinski definition) is 6. The van der Waals surface area contributed by atoms with Gasteiger partial charge in [0, 0.05) is 67.7 Å². The molecular weight excluding hydrogens is 606 g/mol. The molecule has 0 saturated carbocycles. The van der Waals surface area contributed by atoms with E-state index < -0.39 is 24.9 Å². The summed E-state index contributed by atoms with van der Waals surface area (Å²) in [5.74, 6) is 0.207. The van der Waals surface area contributed by atoms with Gasteiger partial charge in [0.2, 0.25) is 0 Å². The number of nitrogens with one attached hydrogen (secondary N) is 1. The van der Waals surface area contributed by atoms with Gasteiger partial charge in [-0.1, -0.05) is 26.0 Å². The number of imidazole rings is 1. The molecule has 1 aromatic carbocycles. The van der Waals surface area contributed by atoms with E-state index in [9.17, 15) is 18.5 Å². The van der Waals surface area contributed by atoms with Crippen LogP contribution in [0.15, 0.2) is 52.5 Å². The van der Waals surface area contributed by atoms with Gasteiger partial charge in [0.1, 0.15) is 24.4 Å². The fourth-order valence-electron chi connectivity index (χ4n) is 6.54. The highest BCUT2D eigenvalue weighted by molar-refractivity contribution is 7.68. The summed E-state index contributed by atoms with van der Waals surface area (Å²) in [5, 5.41) is 9.04. The second kappa shape index (κ2) is 12.4. The van der Waals surface area contributed by atoms with Crippen molar-refractivity contribution in [3.8, 4) is 11.5 Å². The molecule has 248 valence electrons. The van der Waals surface area contributed by atoms with E-state index in [2.05, 4.69) is 5.32 Å². The van der Waals surface area contributed by atoms with Crippen molar-refractivity contribution in [3.63, 3.8) is 0 Å². The van der Waals surface area contributed by atoms with Crippen LogP contribution in [0.25, 0.3) is 11.5 Å². The van der Waals surface area contributed by atoms with Crippen LogP contribution in [0.2, 0.25) is 0 Å². The smallest absolute Gasteiger partial charge is 0.410 e. The highest BCUT2D eigenvalue weighted by Crippen LogP contribution is 2.56. The number of halogens is 1. The summed E-state index contributed by atoms with van der Waals surface area (Å²) in [6.07, 6.45) is 9.00. The second-order valence-electron chi connectivity index (χ2n) is 13.2. The molecule has 0 fully saturated rings. The van der Waals surface area contributed by atoms with E-state index in [0.717, 1.165) is 22.3 Å². The van der Waals surface area contributed by atoms with Gasteiger partial charge in [-0.25, -0.2) is 18.7 Å². The third-order valence-corrected chi connectivity index (χ3v) is 12.4. The van der Waals surface area contributed by atoms with E-state index in [-0.39, 0.29) is 17.5 Å². The number of rotatable bonds is 7. The molecule has 1 N–H and O–H groups in total. The molecule has 2 atom stereocenters. The van der Waals surface area contributed by atoms with Crippen molar-refractivity contribution in [1.82, 2.24) is 29.1 Å². The number of carbonyl (C=O) groups is 1. The maximum absolute atomic E-state index is 14.7. The van der Waals surface area contributed by atoms with E-state index in [4.69, 9.17) is 9.84 Å². The number of nitrogens with zero attached hydrogens (tertiary/aromatic N) is 5. The largest absolute Gasteiger partial charge is 0.444 e. The van der Waals surface area contributed by atoms with Crippen molar-refractivity contribution in [1.29, 1.82) is 0 Å². The number of hydrogen-bond donors (Lipinski definition) is 1. The van der Waals surface area contributed by atoms with Gasteiger partial charge in [0.05, 0.1) is 23.5 Å². The molecule has 5 rings (SSSR count). The lowest BCUT2D eigenvalue weighted by Crippen LogP contribution is -2.42. The summed E-state index contributed by atoms with van der Waals surface area (Å²) in [5.41, 5.74) is 2.97. The number of ether oxygens (including phenoxy) is 1. The average Bonchev–Trinajstić information content (AvgIpc) is 3.58. The summed E-state index contributed by atoms with van der Waals surface area (Å²) >= 11 is 0. The summed E-state index contributed by atoms with van der Waals surface area (Å²) < 4.78 is 39.0. The fourth-order valence-corrected chi connectivity index (χ4v) is 8.72. The van der Waals surface area contributed by atoms with Gasteiger partial charge in [-0.05, 0) is 64.8 Å². The quantitative estimate of drug-likeness (QED) is 0.283.